The van der Waals surface area contributed by atoms with Gasteiger partial charge in [0.15, 0.2) is 5.82 Å². The molecular formula is C21H25ClFN7O2. The number of unbranched alkanes of at least 4 members (excludes halogenated alkanes) is 3. The molecule has 9 nitrogen and oxygen atoms in total. The van der Waals surface area contributed by atoms with E-state index in [9.17, 15) is 14.3 Å². The van der Waals surface area contributed by atoms with Crippen molar-refractivity contribution in [1.82, 2.24) is 19.7 Å². The SMILES string of the molecule is NC(=O)CCCCCCC(O)n1cc(Nc2ncc(Cl)c(Nc3ccc(F)cc3)n2)cn1. The van der Waals surface area contributed by atoms with Gasteiger partial charge in [-0.25, -0.2) is 14.1 Å². The number of aliphatic hydroxyl groups excluding tert-OH is 1. The second kappa shape index (κ2) is 11.4. The second-order valence-corrected chi connectivity index (χ2v) is 7.66. The number of aliphatic hydroxyl groups is 1. The molecule has 0 aliphatic rings. The number of anilines is 4. The molecule has 0 saturated heterocycles. The van der Waals surface area contributed by atoms with Crippen LogP contribution in [0.3, 0.4) is 0 Å². The molecule has 2 heterocycles. The molecular weight excluding hydrogens is 437 g/mol. The Morgan fingerprint density at radius 3 is 2.62 bits per heavy atom. The molecule has 170 valence electrons. The normalized spacial score (nSPS) is 11.8. The molecule has 0 aliphatic heterocycles. The number of aromatic nitrogens is 4. The molecule has 1 atom stereocenters. The van der Waals surface area contributed by atoms with E-state index >= 15 is 0 Å². The Hall–Kier alpha value is -3.24. The number of nitrogens with two attached hydrogens (primary N) is 1. The number of carbonyl (C=O) groups is 1. The van der Waals surface area contributed by atoms with Gasteiger partial charge in [-0.15, -0.1) is 0 Å². The molecule has 1 amide bonds. The number of hydrogen-bond donors (Lipinski definition) is 4. The first-order valence-electron chi connectivity index (χ1n) is 10.2. The van der Waals surface area contributed by atoms with Crippen LogP contribution in [0.4, 0.5) is 27.5 Å². The molecule has 32 heavy (non-hydrogen) atoms. The molecule has 3 aromatic rings. The highest BCUT2D eigenvalue weighted by Gasteiger charge is 2.11. The number of hydrogen-bond acceptors (Lipinski definition) is 7. The summed E-state index contributed by atoms with van der Waals surface area (Å²) in [6, 6.07) is 5.81. The predicted octanol–water partition coefficient (Wildman–Crippen LogP) is 4.27. The Morgan fingerprint density at radius 1 is 1.12 bits per heavy atom. The fourth-order valence-corrected chi connectivity index (χ4v) is 3.13. The molecule has 3 rings (SSSR count). The summed E-state index contributed by atoms with van der Waals surface area (Å²) in [5, 5.41) is 20.8. The molecule has 1 unspecified atom stereocenters. The van der Waals surface area contributed by atoms with E-state index in [-0.39, 0.29) is 17.7 Å². The molecule has 1 aromatic carbocycles. The molecule has 0 radical (unpaired) electrons. The van der Waals surface area contributed by atoms with Crippen molar-refractivity contribution < 1.29 is 14.3 Å². The van der Waals surface area contributed by atoms with Crippen LogP contribution in [0.2, 0.25) is 5.02 Å². The van der Waals surface area contributed by atoms with Crippen molar-refractivity contribution in [3.05, 3.63) is 53.7 Å². The number of carbonyl (C=O) groups excluding carboxylic acids is 1. The maximum Gasteiger partial charge on any atom is 0.229 e. The van der Waals surface area contributed by atoms with E-state index in [2.05, 4.69) is 25.7 Å². The van der Waals surface area contributed by atoms with E-state index in [0.29, 0.717) is 35.1 Å². The first-order valence-corrected chi connectivity index (χ1v) is 10.6. The van der Waals surface area contributed by atoms with Crippen LogP contribution in [0.1, 0.15) is 44.8 Å². The predicted molar refractivity (Wildman–Crippen MR) is 120 cm³/mol. The Kier molecular flexibility index (Phi) is 8.34. The summed E-state index contributed by atoms with van der Waals surface area (Å²) < 4.78 is 14.5. The van der Waals surface area contributed by atoms with Crippen LogP contribution in [0, 0.1) is 5.82 Å². The Morgan fingerprint density at radius 2 is 1.88 bits per heavy atom. The van der Waals surface area contributed by atoms with Gasteiger partial charge in [-0.05, 0) is 43.5 Å². The molecule has 0 spiro atoms. The maximum atomic E-state index is 13.1. The lowest BCUT2D eigenvalue weighted by Gasteiger charge is -2.11. The van der Waals surface area contributed by atoms with Gasteiger partial charge in [-0.1, -0.05) is 24.4 Å². The molecule has 2 aromatic heterocycles. The van der Waals surface area contributed by atoms with Crippen LogP contribution in [0.15, 0.2) is 42.9 Å². The van der Waals surface area contributed by atoms with Gasteiger partial charge in [0.05, 0.1) is 24.3 Å². The summed E-state index contributed by atoms with van der Waals surface area (Å²) in [4.78, 5) is 19.2. The third-order valence-corrected chi connectivity index (χ3v) is 4.93. The van der Waals surface area contributed by atoms with Crippen molar-refractivity contribution in [2.75, 3.05) is 10.6 Å². The quantitative estimate of drug-likeness (QED) is 0.296. The minimum absolute atomic E-state index is 0.280. The maximum absolute atomic E-state index is 13.1. The van der Waals surface area contributed by atoms with Gasteiger partial charge >= 0.3 is 0 Å². The fraction of sp³-hybridized carbons (Fsp3) is 0.333. The van der Waals surface area contributed by atoms with Crippen molar-refractivity contribution in [2.45, 2.75) is 44.8 Å². The lowest BCUT2D eigenvalue weighted by molar-refractivity contribution is -0.118. The van der Waals surface area contributed by atoms with E-state index < -0.39 is 6.23 Å². The standard InChI is InChI=1S/C21H25ClFN7O2/c22-17-12-25-21(29-20(17)27-15-9-7-14(23)8-10-15)28-16-11-26-30(13-16)19(32)6-4-2-1-3-5-18(24)31/h7-13,19,32H,1-6H2,(H2,24,31)(H2,25,27,28,29). The van der Waals surface area contributed by atoms with Gasteiger partial charge in [-0.2, -0.15) is 10.1 Å². The number of halogens is 2. The number of benzene rings is 1. The van der Waals surface area contributed by atoms with Gasteiger partial charge < -0.3 is 21.5 Å². The van der Waals surface area contributed by atoms with E-state index in [0.717, 1.165) is 25.7 Å². The van der Waals surface area contributed by atoms with Crippen LogP contribution in [-0.2, 0) is 4.79 Å². The summed E-state index contributed by atoms with van der Waals surface area (Å²) >= 11 is 6.16. The second-order valence-electron chi connectivity index (χ2n) is 7.26. The van der Waals surface area contributed by atoms with E-state index in [1.54, 1.807) is 24.5 Å². The van der Waals surface area contributed by atoms with Crippen LogP contribution in [-0.4, -0.2) is 30.8 Å². The average molecular weight is 462 g/mol. The highest BCUT2D eigenvalue weighted by Crippen LogP contribution is 2.25. The Balaban J connectivity index is 1.53. The topological polar surface area (TPSA) is 131 Å². The van der Waals surface area contributed by atoms with E-state index in [1.165, 1.54) is 23.0 Å². The molecule has 0 aliphatic carbocycles. The van der Waals surface area contributed by atoms with Crippen molar-refractivity contribution in [2.24, 2.45) is 5.73 Å². The molecule has 11 heteroatoms. The van der Waals surface area contributed by atoms with Crippen molar-refractivity contribution >= 4 is 40.6 Å². The van der Waals surface area contributed by atoms with Gasteiger partial charge in [0.1, 0.15) is 17.1 Å². The van der Waals surface area contributed by atoms with Crippen LogP contribution in [0.5, 0.6) is 0 Å². The van der Waals surface area contributed by atoms with E-state index in [1.807, 2.05) is 0 Å². The first kappa shape index (κ1) is 23.4. The van der Waals surface area contributed by atoms with Crippen LogP contribution in [0.25, 0.3) is 0 Å². The molecule has 5 N–H and O–H groups in total. The Labute approximate surface area is 189 Å². The lowest BCUT2D eigenvalue weighted by Crippen LogP contribution is -2.10. The number of amides is 1. The van der Waals surface area contributed by atoms with Gasteiger partial charge in [0.2, 0.25) is 11.9 Å². The summed E-state index contributed by atoms with van der Waals surface area (Å²) in [5.41, 5.74) is 6.34. The Bertz CT molecular complexity index is 1030. The number of primary amides is 1. The first-order chi connectivity index (χ1) is 15.4. The lowest BCUT2D eigenvalue weighted by atomic mass is 10.1. The molecule has 0 bridgehead atoms. The van der Waals surface area contributed by atoms with Gasteiger partial charge in [0.25, 0.3) is 0 Å². The molecule has 0 saturated carbocycles. The zero-order valence-electron chi connectivity index (χ0n) is 17.3. The third-order valence-electron chi connectivity index (χ3n) is 4.65. The van der Waals surface area contributed by atoms with Gasteiger partial charge in [-0.3, -0.25) is 4.79 Å². The number of nitrogens with one attached hydrogen (secondary N) is 2. The van der Waals surface area contributed by atoms with Crippen molar-refractivity contribution in [3.8, 4) is 0 Å². The highest BCUT2D eigenvalue weighted by molar-refractivity contribution is 6.32. The zero-order chi connectivity index (χ0) is 22.9. The number of rotatable bonds is 12. The fourth-order valence-electron chi connectivity index (χ4n) is 2.99. The largest absolute Gasteiger partial charge is 0.372 e. The highest BCUT2D eigenvalue weighted by atomic mass is 35.5. The van der Waals surface area contributed by atoms with Gasteiger partial charge in [0, 0.05) is 12.1 Å². The average Bonchev–Trinajstić information content (AvgIpc) is 3.23. The summed E-state index contributed by atoms with van der Waals surface area (Å²) in [6.07, 6.45) is 8.20. The molecule has 0 fully saturated rings. The van der Waals surface area contributed by atoms with E-state index in [4.69, 9.17) is 17.3 Å². The monoisotopic (exact) mass is 461 g/mol. The van der Waals surface area contributed by atoms with Crippen LogP contribution < -0.4 is 16.4 Å². The van der Waals surface area contributed by atoms with Crippen molar-refractivity contribution in [3.63, 3.8) is 0 Å². The van der Waals surface area contributed by atoms with Crippen molar-refractivity contribution in [1.29, 1.82) is 0 Å². The zero-order valence-corrected chi connectivity index (χ0v) is 18.1. The minimum Gasteiger partial charge on any atom is -0.372 e. The van der Waals surface area contributed by atoms with Crippen LogP contribution >= 0.6 is 11.6 Å². The summed E-state index contributed by atoms with van der Waals surface area (Å²) in [6.45, 7) is 0. The summed E-state index contributed by atoms with van der Waals surface area (Å²) in [7, 11) is 0. The summed E-state index contributed by atoms with van der Waals surface area (Å²) in [5.74, 6) is 0.0145. The minimum atomic E-state index is -0.761. The smallest absolute Gasteiger partial charge is 0.229 e. The number of nitrogens with zero attached hydrogens (tertiary/aromatic N) is 4. The third kappa shape index (κ3) is 7.17.